The zero-order valence-electron chi connectivity index (χ0n) is 35.1. The fourth-order valence-corrected chi connectivity index (χ4v) is 7.83. The van der Waals surface area contributed by atoms with Crippen molar-refractivity contribution in [3.05, 3.63) is 123 Å². The fourth-order valence-electron chi connectivity index (χ4n) is 7.26. The molecule has 0 spiro atoms. The number of rotatable bonds is 19. The van der Waals surface area contributed by atoms with Gasteiger partial charge in [0.15, 0.2) is 0 Å². The van der Waals surface area contributed by atoms with Gasteiger partial charge in [-0.3, -0.25) is 0 Å². The predicted octanol–water partition coefficient (Wildman–Crippen LogP) is 8.72. The van der Waals surface area contributed by atoms with Gasteiger partial charge in [0.05, 0.1) is 6.61 Å². The maximum Gasteiger partial charge on any atom is 0.373 e. The lowest BCUT2D eigenvalue weighted by Gasteiger charge is -2.20. The molecule has 4 radical (unpaired) electrons. The predicted molar refractivity (Wildman–Crippen MR) is 230 cm³/mol. The molecule has 0 aliphatic rings. The number of aliphatic hydroxyl groups excluding tert-OH is 2. The molecule has 0 bridgehead atoms. The Morgan fingerprint density at radius 1 is 0.431 bits per heavy atom. The average Bonchev–Trinajstić information content (AvgIpc) is 3.18. The minimum Gasteiger partial charge on any atom is -0.494 e. The van der Waals surface area contributed by atoms with Crippen LogP contribution in [0.1, 0.15) is 63.3 Å². The van der Waals surface area contributed by atoms with Crippen LogP contribution in [0.25, 0.3) is 22.3 Å². The van der Waals surface area contributed by atoms with Crippen molar-refractivity contribution in [1.29, 1.82) is 0 Å². The van der Waals surface area contributed by atoms with Crippen LogP contribution in [-0.4, -0.2) is 88.7 Å². The molecule has 0 heterocycles. The normalized spacial score (nSPS) is 12.3. The van der Waals surface area contributed by atoms with Crippen molar-refractivity contribution in [2.24, 2.45) is 0 Å². The van der Waals surface area contributed by atoms with Crippen LogP contribution in [0.4, 0.5) is 0 Å². The lowest BCUT2D eigenvalue weighted by atomic mass is 9.96. The van der Waals surface area contributed by atoms with Crippen molar-refractivity contribution in [1.82, 2.24) is 0 Å². The molecule has 5 aromatic carbocycles. The highest BCUT2D eigenvalue weighted by Gasteiger charge is 2.17. The smallest absolute Gasteiger partial charge is 0.373 e. The van der Waals surface area contributed by atoms with Gasteiger partial charge in [-0.05, 0) is 190 Å². The molecule has 0 aromatic heterocycles. The van der Waals surface area contributed by atoms with Crippen LogP contribution in [0, 0.1) is 55.4 Å². The SMILES string of the molecule is CCOc1c(C)cc(-c2cc(C)c(OCC(O)COc3c(C)cc(-c4cc(C)c(OCC(O)COc5ccc(C([O][Al])[O][Al])cc5)c(C)c4)cc3C)c(C)c2)cc1C. The summed E-state index contributed by atoms with van der Waals surface area (Å²) < 4.78 is 40.4. The maximum absolute atomic E-state index is 10.9. The molecule has 302 valence electrons. The maximum atomic E-state index is 10.9. The lowest BCUT2D eigenvalue weighted by molar-refractivity contribution is 0.0180. The third kappa shape index (κ3) is 11.4. The highest BCUT2D eigenvalue weighted by atomic mass is 27.1. The summed E-state index contributed by atoms with van der Waals surface area (Å²) in [4.78, 5) is 0. The van der Waals surface area contributed by atoms with Crippen LogP contribution >= 0.6 is 0 Å². The van der Waals surface area contributed by atoms with Crippen molar-refractivity contribution < 1.29 is 41.5 Å². The average molecular weight is 817 g/mol. The van der Waals surface area contributed by atoms with E-state index in [1.807, 2.05) is 60.6 Å². The lowest BCUT2D eigenvalue weighted by Crippen LogP contribution is -2.25. The second-order valence-corrected chi connectivity index (χ2v) is 15.5. The molecule has 58 heavy (non-hydrogen) atoms. The number of ether oxygens (including phenoxy) is 5. The Labute approximate surface area is 360 Å². The third-order valence-electron chi connectivity index (χ3n) is 9.90. The molecular formula is C47H54Al2O9. The molecular weight excluding hydrogens is 762 g/mol. The molecule has 2 N–H and O–H groups in total. The second-order valence-electron chi connectivity index (χ2n) is 14.9. The van der Waals surface area contributed by atoms with Crippen LogP contribution in [0.5, 0.6) is 28.7 Å². The van der Waals surface area contributed by atoms with Crippen LogP contribution in [0.2, 0.25) is 0 Å². The third-order valence-corrected chi connectivity index (χ3v) is 10.4. The van der Waals surface area contributed by atoms with E-state index in [4.69, 9.17) is 31.3 Å². The van der Waals surface area contributed by atoms with Crippen molar-refractivity contribution in [2.45, 2.75) is 80.8 Å². The second kappa shape index (κ2) is 20.8. The zero-order chi connectivity index (χ0) is 42.1. The van der Waals surface area contributed by atoms with E-state index in [9.17, 15) is 10.2 Å². The summed E-state index contributed by atoms with van der Waals surface area (Å²) in [5.74, 6) is 3.81. The summed E-state index contributed by atoms with van der Waals surface area (Å²) in [6.45, 7) is 19.2. The van der Waals surface area contributed by atoms with Crippen molar-refractivity contribution in [3.63, 3.8) is 0 Å². The molecule has 0 aliphatic carbocycles. The summed E-state index contributed by atoms with van der Waals surface area (Å²) in [7, 11) is 0. The van der Waals surface area contributed by atoms with Gasteiger partial charge in [0.2, 0.25) is 0 Å². The largest absolute Gasteiger partial charge is 0.494 e. The Hall–Kier alpha value is -4.00. The van der Waals surface area contributed by atoms with Crippen LogP contribution in [0.3, 0.4) is 0 Å². The van der Waals surface area contributed by atoms with Gasteiger partial charge in [0.1, 0.15) is 73.7 Å². The van der Waals surface area contributed by atoms with Gasteiger partial charge < -0.3 is 41.5 Å². The number of hydrogen-bond acceptors (Lipinski definition) is 9. The summed E-state index contributed by atoms with van der Waals surface area (Å²) in [5, 5.41) is 21.5. The zero-order valence-corrected chi connectivity index (χ0v) is 37.4. The highest BCUT2D eigenvalue weighted by molar-refractivity contribution is 5.99. The molecule has 5 rings (SSSR count). The monoisotopic (exact) mass is 816 g/mol. The molecule has 2 unspecified atom stereocenters. The summed E-state index contributed by atoms with van der Waals surface area (Å²) >= 11 is 4.37. The first kappa shape index (κ1) is 45.1. The van der Waals surface area contributed by atoms with Gasteiger partial charge in [-0.25, -0.2) is 0 Å². The van der Waals surface area contributed by atoms with Crippen LogP contribution in [0.15, 0.2) is 72.8 Å². The molecule has 0 amide bonds. The van der Waals surface area contributed by atoms with Crippen LogP contribution in [-0.2, 0) is 7.58 Å². The van der Waals surface area contributed by atoms with Crippen LogP contribution < -0.4 is 23.7 Å². The minimum absolute atomic E-state index is 0.0784. The van der Waals surface area contributed by atoms with E-state index in [-0.39, 0.29) is 26.4 Å². The Morgan fingerprint density at radius 2 is 0.707 bits per heavy atom. The highest BCUT2D eigenvalue weighted by Crippen LogP contribution is 2.36. The van der Waals surface area contributed by atoms with E-state index >= 15 is 0 Å². The number of hydrogen-bond donors (Lipinski definition) is 2. The van der Waals surface area contributed by atoms with E-state index in [1.54, 1.807) is 12.1 Å². The first-order chi connectivity index (χ1) is 27.7. The molecule has 0 aliphatic heterocycles. The molecule has 9 nitrogen and oxygen atoms in total. The molecule has 11 heteroatoms. The molecule has 0 fully saturated rings. The Kier molecular flexibility index (Phi) is 16.2. The van der Waals surface area contributed by atoms with Gasteiger partial charge >= 0.3 is 33.2 Å². The topological polar surface area (TPSA) is 105 Å². The van der Waals surface area contributed by atoms with Gasteiger partial charge in [-0.15, -0.1) is 0 Å². The van der Waals surface area contributed by atoms with Crippen molar-refractivity contribution >= 4 is 33.2 Å². The van der Waals surface area contributed by atoms with E-state index in [1.165, 1.54) is 0 Å². The summed E-state index contributed by atoms with van der Waals surface area (Å²) in [5.41, 5.74) is 13.3. The van der Waals surface area contributed by atoms with Crippen molar-refractivity contribution in [2.75, 3.05) is 33.0 Å². The number of aliphatic hydroxyl groups is 2. The van der Waals surface area contributed by atoms with E-state index in [0.717, 1.165) is 95.3 Å². The van der Waals surface area contributed by atoms with Gasteiger partial charge in [-0.1, -0.05) is 12.1 Å². The standard InChI is InChI=1S/C47H54O9.2Al/c1-10-52-43-27(2)15-36(16-28(43)3)37-17-31(6)45(32(7)18-37)55-25-41(49)26-56-46-33(8)21-39(22-34(46)9)38-19-29(4)44(30(5)20-38)54-24-40(48)23-53-42-13-11-35(12-14-42)47(50)51;;/h11-22,40-41,47-49H,10,23-26H2,1-9H3;;/q-2;2*+1. The molecule has 2 atom stereocenters. The fraction of sp³-hybridized carbons (Fsp3) is 0.362. The minimum atomic E-state index is -0.830. The molecule has 0 saturated heterocycles. The Balaban J connectivity index is 1.15. The number of benzene rings is 5. The quantitative estimate of drug-likeness (QED) is 0.0626. The first-order valence-electron chi connectivity index (χ1n) is 19.5. The number of aryl methyl sites for hydroxylation is 8. The van der Waals surface area contributed by atoms with E-state index in [2.05, 4.69) is 95.6 Å². The van der Waals surface area contributed by atoms with Gasteiger partial charge in [-0.2, -0.15) is 0 Å². The summed E-state index contributed by atoms with van der Waals surface area (Å²) in [6, 6.07) is 24.2. The molecule has 0 saturated carbocycles. The van der Waals surface area contributed by atoms with Crippen molar-refractivity contribution in [3.8, 4) is 51.0 Å². The van der Waals surface area contributed by atoms with E-state index < -0.39 is 18.5 Å². The Morgan fingerprint density at radius 3 is 0.983 bits per heavy atom. The Bertz CT molecular complexity index is 2070. The van der Waals surface area contributed by atoms with Gasteiger partial charge in [0, 0.05) is 5.56 Å². The first-order valence-corrected chi connectivity index (χ1v) is 20.4. The molecule has 5 aromatic rings. The van der Waals surface area contributed by atoms with E-state index in [0.29, 0.717) is 12.4 Å². The summed E-state index contributed by atoms with van der Waals surface area (Å²) in [6.07, 6.45) is -2.18. The van der Waals surface area contributed by atoms with Gasteiger partial charge in [0.25, 0.3) is 0 Å².